The number of carbonyl (C=O) groups is 1. The number of ether oxygens (including phenoxy) is 1. The van der Waals surface area contributed by atoms with E-state index in [0.717, 1.165) is 68.8 Å². The summed E-state index contributed by atoms with van der Waals surface area (Å²) in [5.41, 5.74) is 4.26. The molecule has 3 aliphatic rings. The molecular formula is C31H39N5O2. The van der Waals surface area contributed by atoms with Gasteiger partial charge in [0.25, 0.3) is 5.91 Å². The molecule has 7 nitrogen and oxygen atoms in total. The first-order chi connectivity index (χ1) is 18.4. The van der Waals surface area contributed by atoms with Crippen molar-refractivity contribution >= 4 is 11.7 Å². The zero-order chi connectivity index (χ0) is 26.3. The molecule has 0 N–H and O–H groups in total. The van der Waals surface area contributed by atoms with Crippen molar-refractivity contribution in [2.24, 2.45) is 0 Å². The summed E-state index contributed by atoms with van der Waals surface area (Å²) in [6, 6.07) is 15.1. The Morgan fingerprint density at radius 3 is 2.45 bits per heavy atom. The largest absolute Gasteiger partial charge is 0.384 e. The van der Waals surface area contributed by atoms with Crippen LogP contribution in [0.1, 0.15) is 72.2 Å². The first-order valence-corrected chi connectivity index (χ1v) is 14.0. The highest BCUT2D eigenvalue weighted by Crippen LogP contribution is 2.50. The minimum Gasteiger partial charge on any atom is -0.384 e. The topological polar surface area (TPSA) is 63.5 Å². The lowest BCUT2D eigenvalue weighted by Crippen LogP contribution is -2.38. The predicted octanol–water partition coefficient (Wildman–Crippen LogP) is 4.91. The highest BCUT2D eigenvalue weighted by atomic mass is 16.5. The summed E-state index contributed by atoms with van der Waals surface area (Å²) in [7, 11) is 1.76. The molecule has 1 saturated carbocycles. The van der Waals surface area contributed by atoms with Gasteiger partial charge in [-0.15, -0.1) is 0 Å². The van der Waals surface area contributed by atoms with Gasteiger partial charge in [-0.2, -0.15) is 5.10 Å². The number of pyridine rings is 1. The van der Waals surface area contributed by atoms with Crippen LogP contribution in [0.15, 0.2) is 54.9 Å². The molecule has 2 aliphatic heterocycles. The Labute approximate surface area is 225 Å². The fourth-order valence-electron chi connectivity index (χ4n) is 6.53. The van der Waals surface area contributed by atoms with Gasteiger partial charge in [-0.3, -0.25) is 9.48 Å². The van der Waals surface area contributed by atoms with E-state index in [1.54, 1.807) is 7.11 Å². The molecule has 2 saturated heterocycles. The number of aromatic nitrogens is 3. The number of nitrogens with zero attached hydrogens (tertiary/aromatic N) is 5. The van der Waals surface area contributed by atoms with E-state index in [1.165, 1.54) is 11.1 Å². The van der Waals surface area contributed by atoms with Crippen molar-refractivity contribution in [2.45, 2.75) is 62.8 Å². The molecule has 1 atom stereocenters. The Balaban J connectivity index is 1.22. The maximum Gasteiger partial charge on any atom is 0.257 e. The second-order valence-electron chi connectivity index (χ2n) is 11.9. The summed E-state index contributed by atoms with van der Waals surface area (Å²) in [4.78, 5) is 23.1. The number of methoxy groups -OCH3 is 1. The number of hydrogen-bond acceptors (Lipinski definition) is 5. The van der Waals surface area contributed by atoms with Gasteiger partial charge in [0.15, 0.2) is 0 Å². The maximum atomic E-state index is 14.0. The third-order valence-corrected chi connectivity index (χ3v) is 9.08. The van der Waals surface area contributed by atoms with E-state index >= 15 is 0 Å². The van der Waals surface area contributed by atoms with Crippen LogP contribution in [0, 0.1) is 6.92 Å². The normalized spacial score (nSPS) is 23.1. The minimum absolute atomic E-state index is 0.0416. The molecule has 7 heteroatoms. The van der Waals surface area contributed by atoms with E-state index in [4.69, 9.17) is 9.84 Å². The molecule has 3 fully saturated rings. The average Bonchev–Trinajstić information content (AvgIpc) is 3.34. The Morgan fingerprint density at radius 2 is 1.79 bits per heavy atom. The summed E-state index contributed by atoms with van der Waals surface area (Å²) in [5, 5.41) is 4.89. The highest BCUT2D eigenvalue weighted by molar-refractivity contribution is 5.96. The lowest BCUT2D eigenvalue weighted by molar-refractivity contribution is 0.0759. The van der Waals surface area contributed by atoms with E-state index in [-0.39, 0.29) is 16.7 Å². The van der Waals surface area contributed by atoms with Gasteiger partial charge >= 0.3 is 0 Å². The smallest absolute Gasteiger partial charge is 0.257 e. The molecule has 1 aliphatic carbocycles. The third kappa shape index (κ3) is 4.51. The van der Waals surface area contributed by atoms with E-state index in [9.17, 15) is 4.79 Å². The molecule has 6 rings (SSSR count). The van der Waals surface area contributed by atoms with Gasteiger partial charge < -0.3 is 14.5 Å². The lowest BCUT2D eigenvalue weighted by atomic mass is 9.80. The molecule has 0 bridgehead atoms. The number of rotatable bonds is 7. The summed E-state index contributed by atoms with van der Waals surface area (Å²) in [6.45, 7) is 8.28. The molecule has 200 valence electrons. The standard InChI is InChI=1S/C31H39N5O2/c1-23-9-10-27(32-19-23)34-16-11-25(12-17-34)36-28(30(2)13-14-30)26(20-33-36)29(37)35-18-15-31(21-35,22-38-3)24-7-5-4-6-8-24/h4-10,19-20,25H,11-18,21-22H2,1-3H3. The van der Waals surface area contributed by atoms with Gasteiger partial charge in [-0.1, -0.05) is 43.3 Å². The van der Waals surface area contributed by atoms with Gasteiger partial charge in [0.1, 0.15) is 5.82 Å². The van der Waals surface area contributed by atoms with Crippen LogP contribution >= 0.6 is 0 Å². The predicted molar refractivity (Wildman–Crippen MR) is 149 cm³/mol. The van der Waals surface area contributed by atoms with Crippen LogP contribution in [-0.2, 0) is 15.6 Å². The number of carbonyl (C=O) groups excluding carboxylic acids is 1. The Morgan fingerprint density at radius 1 is 1.03 bits per heavy atom. The monoisotopic (exact) mass is 513 g/mol. The summed E-state index contributed by atoms with van der Waals surface area (Å²) in [5.74, 6) is 1.17. The molecule has 3 aromatic rings. The van der Waals surface area contributed by atoms with Crippen molar-refractivity contribution in [1.82, 2.24) is 19.7 Å². The fourth-order valence-corrected chi connectivity index (χ4v) is 6.53. The van der Waals surface area contributed by atoms with Crippen LogP contribution in [-0.4, -0.2) is 65.5 Å². The average molecular weight is 514 g/mol. The molecule has 38 heavy (non-hydrogen) atoms. The number of aryl methyl sites for hydroxylation is 1. The number of piperidine rings is 1. The highest BCUT2D eigenvalue weighted by Gasteiger charge is 2.48. The minimum atomic E-state index is -0.165. The quantitative estimate of drug-likeness (QED) is 0.449. The van der Waals surface area contributed by atoms with Crippen molar-refractivity contribution in [3.05, 3.63) is 77.2 Å². The molecule has 1 unspecified atom stereocenters. The molecular weight excluding hydrogens is 474 g/mol. The number of anilines is 1. The van der Waals surface area contributed by atoms with E-state index in [0.29, 0.717) is 19.2 Å². The van der Waals surface area contributed by atoms with Gasteiger partial charge in [-0.25, -0.2) is 4.98 Å². The van der Waals surface area contributed by atoms with Crippen molar-refractivity contribution < 1.29 is 9.53 Å². The first-order valence-electron chi connectivity index (χ1n) is 14.0. The lowest BCUT2D eigenvalue weighted by Gasteiger charge is -2.34. The molecule has 1 amide bonds. The van der Waals surface area contributed by atoms with Gasteiger partial charge in [-0.05, 0) is 56.2 Å². The molecule has 0 spiro atoms. The number of likely N-dealkylation sites (tertiary alicyclic amines) is 1. The zero-order valence-electron chi connectivity index (χ0n) is 22.9. The van der Waals surface area contributed by atoms with Crippen molar-refractivity contribution in [3.63, 3.8) is 0 Å². The van der Waals surface area contributed by atoms with Gasteiger partial charge in [0.05, 0.1) is 30.1 Å². The van der Waals surface area contributed by atoms with Gasteiger partial charge in [0, 0.05) is 50.3 Å². The number of benzene rings is 1. The molecule has 4 heterocycles. The van der Waals surface area contributed by atoms with E-state index in [1.807, 2.05) is 23.4 Å². The van der Waals surface area contributed by atoms with Crippen LogP contribution < -0.4 is 4.90 Å². The molecule has 0 radical (unpaired) electrons. The second-order valence-corrected chi connectivity index (χ2v) is 11.9. The van der Waals surface area contributed by atoms with Crippen LogP contribution in [0.4, 0.5) is 5.82 Å². The summed E-state index contributed by atoms with van der Waals surface area (Å²) >= 11 is 0. The Hall–Kier alpha value is -3.19. The van der Waals surface area contributed by atoms with Crippen molar-refractivity contribution in [2.75, 3.05) is 44.8 Å². The van der Waals surface area contributed by atoms with Crippen molar-refractivity contribution in [3.8, 4) is 0 Å². The Bertz CT molecular complexity index is 1280. The molecule has 2 aromatic heterocycles. The van der Waals surface area contributed by atoms with Crippen LogP contribution in [0.3, 0.4) is 0 Å². The SMILES string of the molecule is COCC1(c2ccccc2)CCN(C(=O)c2cnn(C3CCN(c4ccc(C)cn4)CC3)c2C2(C)CC2)C1. The maximum absolute atomic E-state index is 14.0. The van der Waals surface area contributed by atoms with E-state index in [2.05, 4.69) is 64.8 Å². The Kier molecular flexibility index (Phi) is 6.50. The van der Waals surface area contributed by atoms with Gasteiger partial charge in [0.2, 0.25) is 0 Å². The fraction of sp³-hybridized carbons (Fsp3) is 0.516. The zero-order valence-corrected chi connectivity index (χ0v) is 22.9. The van der Waals surface area contributed by atoms with Crippen molar-refractivity contribution in [1.29, 1.82) is 0 Å². The van der Waals surface area contributed by atoms with Crippen LogP contribution in [0.5, 0.6) is 0 Å². The summed E-state index contributed by atoms with van der Waals surface area (Å²) < 4.78 is 7.89. The first kappa shape index (κ1) is 25.1. The number of amides is 1. The van der Waals surface area contributed by atoms with Crippen LogP contribution in [0.25, 0.3) is 0 Å². The second kappa shape index (κ2) is 9.84. The number of hydrogen-bond donors (Lipinski definition) is 0. The van der Waals surface area contributed by atoms with Crippen LogP contribution in [0.2, 0.25) is 0 Å². The molecule has 1 aromatic carbocycles. The summed E-state index contributed by atoms with van der Waals surface area (Å²) in [6.07, 6.45) is 8.93. The third-order valence-electron chi connectivity index (χ3n) is 9.08. The van der Waals surface area contributed by atoms with E-state index < -0.39 is 0 Å².